The Morgan fingerprint density at radius 2 is 1.71 bits per heavy atom. The molecule has 0 spiro atoms. The maximum Gasteiger partial charge on any atom is 0.261 e. The van der Waals surface area contributed by atoms with Gasteiger partial charge >= 0.3 is 0 Å². The molecule has 1 aliphatic heterocycles. The quantitative estimate of drug-likeness (QED) is 0.535. The Balaban J connectivity index is 1.66. The third kappa shape index (κ3) is 2.81. The van der Waals surface area contributed by atoms with E-state index in [2.05, 4.69) is 15.8 Å². The Morgan fingerprint density at radius 1 is 0.964 bits per heavy atom. The third-order valence-electron chi connectivity index (χ3n) is 5.19. The summed E-state index contributed by atoms with van der Waals surface area (Å²) >= 11 is 0. The molecule has 7 nitrogen and oxygen atoms in total. The average molecular weight is 373 g/mol. The highest BCUT2D eigenvalue weighted by molar-refractivity contribution is 5.91. The van der Waals surface area contributed by atoms with Crippen molar-refractivity contribution >= 4 is 21.8 Å². The van der Waals surface area contributed by atoms with Crippen LogP contribution in [-0.4, -0.2) is 20.7 Å². The highest BCUT2D eigenvalue weighted by Crippen LogP contribution is 2.16. The molecule has 0 bridgehead atoms. The van der Waals surface area contributed by atoms with Crippen LogP contribution in [-0.2, 0) is 6.54 Å². The van der Waals surface area contributed by atoms with Crippen molar-refractivity contribution < 1.29 is 0 Å². The maximum atomic E-state index is 13.0. The van der Waals surface area contributed by atoms with Crippen LogP contribution in [0.2, 0.25) is 0 Å². The minimum atomic E-state index is -0.147. The molecule has 1 aliphatic rings. The lowest BCUT2D eigenvalue weighted by atomic mass is 10.1. The fraction of sp³-hybridized carbons (Fsp3) is 0.190. The number of hydrogen-bond donors (Lipinski definition) is 2. The summed E-state index contributed by atoms with van der Waals surface area (Å²) in [6.07, 6.45) is 4.23. The molecule has 1 fully saturated rings. The van der Waals surface area contributed by atoms with Crippen molar-refractivity contribution in [2.45, 2.75) is 19.1 Å². The average Bonchev–Trinajstić information content (AvgIpc) is 3.25. The molecule has 4 heterocycles. The van der Waals surface area contributed by atoms with Gasteiger partial charge in [0.1, 0.15) is 6.17 Å². The predicted molar refractivity (Wildman–Crippen MR) is 108 cm³/mol. The Kier molecular flexibility index (Phi) is 4.03. The lowest BCUT2D eigenvalue weighted by Crippen LogP contribution is -2.34. The van der Waals surface area contributed by atoms with Crippen molar-refractivity contribution in [3.05, 3.63) is 87.2 Å². The highest BCUT2D eigenvalue weighted by Gasteiger charge is 2.18. The van der Waals surface area contributed by atoms with E-state index >= 15 is 0 Å². The Morgan fingerprint density at radius 3 is 2.46 bits per heavy atom. The van der Waals surface area contributed by atoms with Crippen molar-refractivity contribution in [3.63, 3.8) is 0 Å². The molecule has 1 unspecified atom stereocenters. The van der Waals surface area contributed by atoms with Gasteiger partial charge in [-0.25, -0.2) is 10.4 Å². The summed E-state index contributed by atoms with van der Waals surface area (Å²) in [4.78, 5) is 30.6. The SMILES string of the molecule is O=c1c2cc3c(=O)n(C4CCNN4)ccc3nc2ccn1Cc1ccccc1. The van der Waals surface area contributed by atoms with Crippen LogP contribution in [0.4, 0.5) is 0 Å². The molecule has 28 heavy (non-hydrogen) atoms. The zero-order chi connectivity index (χ0) is 19.1. The Bertz CT molecular complexity index is 1290. The van der Waals surface area contributed by atoms with E-state index in [-0.39, 0.29) is 17.3 Å². The van der Waals surface area contributed by atoms with Gasteiger partial charge in [0, 0.05) is 18.9 Å². The molecule has 0 radical (unpaired) electrons. The number of nitrogens with zero attached hydrogens (tertiary/aromatic N) is 3. The molecule has 3 aromatic heterocycles. The topological polar surface area (TPSA) is 81.0 Å². The number of aromatic nitrogens is 3. The van der Waals surface area contributed by atoms with Crippen molar-refractivity contribution in [1.82, 2.24) is 25.0 Å². The van der Waals surface area contributed by atoms with Gasteiger partial charge in [0.05, 0.1) is 28.4 Å². The largest absolute Gasteiger partial charge is 0.310 e. The zero-order valence-electron chi connectivity index (χ0n) is 15.1. The van der Waals surface area contributed by atoms with E-state index in [1.165, 1.54) is 0 Å². The summed E-state index contributed by atoms with van der Waals surface area (Å²) < 4.78 is 3.30. The molecule has 1 saturated heterocycles. The molecule has 0 aliphatic carbocycles. The standard InChI is InChI=1S/C21H19N5O2/c27-20-15-12-16-18(8-11-26(21(16)28)19-6-9-22-24-19)23-17(15)7-10-25(20)13-14-4-2-1-3-5-14/h1-5,7-8,10-12,19,22,24H,6,9,13H2. The minimum Gasteiger partial charge on any atom is -0.310 e. The van der Waals surface area contributed by atoms with Crippen LogP contribution in [0.1, 0.15) is 18.2 Å². The van der Waals surface area contributed by atoms with E-state index < -0.39 is 0 Å². The highest BCUT2D eigenvalue weighted by atomic mass is 16.1. The van der Waals surface area contributed by atoms with Gasteiger partial charge in [0.15, 0.2) is 0 Å². The van der Waals surface area contributed by atoms with E-state index in [0.717, 1.165) is 18.5 Å². The normalized spacial score (nSPS) is 16.8. The molecule has 140 valence electrons. The number of nitrogens with one attached hydrogen (secondary N) is 2. The minimum absolute atomic E-state index is 0.0990. The number of pyridine rings is 3. The molecule has 0 saturated carbocycles. The molecule has 1 aromatic carbocycles. The van der Waals surface area contributed by atoms with Crippen LogP contribution in [0.15, 0.2) is 70.5 Å². The summed E-state index contributed by atoms with van der Waals surface area (Å²) in [6.45, 7) is 1.28. The summed E-state index contributed by atoms with van der Waals surface area (Å²) in [5, 5.41) is 0.913. The Labute approximate surface area is 160 Å². The first kappa shape index (κ1) is 16.9. The second-order valence-electron chi connectivity index (χ2n) is 6.99. The first-order valence-electron chi connectivity index (χ1n) is 9.28. The third-order valence-corrected chi connectivity index (χ3v) is 5.19. The van der Waals surface area contributed by atoms with Gasteiger partial charge in [-0.3, -0.25) is 19.6 Å². The second kappa shape index (κ2) is 6.70. The molecule has 1 atom stereocenters. The van der Waals surface area contributed by atoms with Crippen LogP contribution < -0.4 is 22.0 Å². The van der Waals surface area contributed by atoms with Crippen molar-refractivity contribution in [2.24, 2.45) is 0 Å². The van der Waals surface area contributed by atoms with Gasteiger partial charge in [-0.1, -0.05) is 30.3 Å². The molecule has 2 N–H and O–H groups in total. The number of hydrogen-bond acceptors (Lipinski definition) is 5. The van der Waals surface area contributed by atoms with Crippen molar-refractivity contribution in [2.75, 3.05) is 6.54 Å². The van der Waals surface area contributed by atoms with E-state index in [9.17, 15) is 9.59 Å². The molecular weight excluding hydrogens is 354 g/mol. The maximum absolute atomic E-state index is 13.0. The van der Waals surface area contributed by atoms with Gasteiger partial charge < -0.3 is 4.57 Å². The van der Waals surface area contributed by atoms with Crippen LogP contribution in [0.3, 0.4) is 0 Å². The fourth-order valence-electron chi connectivity index (χ4n) is 3.71. The lowest BCUT2D eigenvalue weighted by molar-refractivity contribution is 0.432. The van der Waals surface area contributed by atoms with Gasteiger partial charge in [-0.05, 0) is 30.2 Å². The number of fused-ring (bicyclic) bond motifs is 2. The summed E-state index contributed by atoms with van der Waals surface area (Å²) in [7, 11) is 0. The molecule has 0 amide bonds. The smallest absolute Gasteiger partial charge is 0.261 e. The second-order valence-corrected chi connectivity index (χ2v) is 6.99. The van der Waals surface area contributed by atoms with E-state index in [1.807, 2.05) is 42.5 Å². The fourth-order valence-corrected chi connectivity index (χ4v) is 3.71. The van der Waals surface area contributed by atoms with Crippen molar-refractivity contribution in [1.29, 1.82) is 0 Å². The monoisotopic (exact) mass is 373 g/mol. The van der Waals surface area contributed by atoms with Crippen LogP contribution in [0.5, 0.6) is 0 Å². The van der Waals surface area contributed by atoms with Gasteiger partial charge in [0.2, 0.25) is 0 Å². The lowest BCUT2D eigenvalue weighted by Gasteiger charge is -2.14. The van der Waals surface area contributed by atoms with E-state index in [0.29, 0.717) is 28.4 Å². The molecule has 7 heteroatoms. The number of hydrazine groups is 1. The van der Waals surface area contributed by atoms with E-state index in [4.69, 9.17) is 0 Å². The van der Waals surface area contributed by atoms with Crippen LogP contribution in [0, 0.1) is 0 Å². The number of benzene rings is 1. The molecule has 4 aromatic rings. The first-order valence-corrected chi connectivity index (χ1v) is 9.28. The number of rotatable bonds is 3. The summed E-state index contributed by atoms with van der Waals surface area (Å²) in [5.74, 6) is 0. The summed E-state index contributed by atoms with van der Waals surface area (Å²) in [5.41, 5.74) is 8.07. The molecule has 5 rings (SSSR count). The zero-order valence-corrected chi connectivity index (χ0v) is 15.1. The summed E-state index contributed by atoms with van der Waals surface area (Å²) in [6, 6.07) is 15.1. The van der Waals surface area contributed by atoms with Gasteiger partial charge in [-0.2, -0.15) is 0 Å². The predicted octanol–water partition coefficient (Wildman–Crippen LogP) is 1.76. The first-order chi connectivity index (χ1) is 13.7. The van der Waals surface area contributed by atoms with Crippen LogP contribution in [0.25, 0.3) is 21.8 Å². The van der Waals surface area contributed by atoms with E-state index in [1.54, 1.807) is 27.6 Å². The van der Waals surface area contributed by atoms with Crippen molar-refractivity contribution in [3.8, 4) is 0 Å². The van der Waals surface area contributed by atoms with Crippen LogP contribution >= 0.6 is 0 Å². The Hall–Kier alpha value is -3.29. The van der Waals surface area contributed by atoms with Gasteiger partial charge in [-0.15, -0.1) is 0 Å². The molecular formula is C21H19N5O2. The van der Waals surface area contributed by atoms with Gasteiger partial charge in [0.25, 0.3) is 11.1 Å².